The van der Waals surface area contributed by atoms with E-state index in [4.69, 9.17) is 0 Å². The van der Waals surface area contributed by atoms with Crippen molar-refractivity contribution in [2.75, 3.05) is 18.9 Å². The maximum atomic E-state index is 13.2. The number of nitrogens with one attached hydrogen (secondary N) is 2. The van der Waals surface area contributed by atoms with E-state index in [-0.39, 0.29) is 24.3 Å². The van der Waals surface area contributed by atoms with Crippen molar-refractivity contribution in [3.8, 4) is 0 Å². The zero-order chi connectivity index (χ0) is 22.9. The summed E-state index contributed by atoms with van der Waals surface area (Å²) in [4.78, 5) is 39.7. The average Bonchev–Trinajstić information content (AvgIpc) is 2.80. The number of anilines is 1. The minimum Gasteiger partial charge on any atom is -0.340 e. The quantitative estimate of drug-likeness (QED) is 0.499. The second-order valence-corrected chi connectivity index (χ2v) is 8.16. The summed E-state index contributed by atoms with van der Waals surface area (Å²) in [5, 5.41) is 5.61. The van der Waals surface area contributed by atoms with E-state index in [1.807, 2.05) is 54.6 Å². The molecule has 0 aromatic heterocycles. The molecular formula is C25H24BrN3O3. The first-order valence-corrected chi connectivity index (χ1v) is 10.9. The first-order valence-electron chi connectivity index (χ1n) is 10.1. The molecule has 0 bridgehead atoms. The van der Waals surface area contributed by atoms with Crippen molar-refractivity contribution in [3.63, 3.8) is 0 Å². The molecule has 3 rings (SSSR count). The largest absolute Gasteiger partial charge is 0.340 e. The summed E-state index contributed by atoms with van der Waals surface area (Å²) in [5.74, 6) is -1.02. The maximum Gasteiger partial charge on any atom is 0.251 e. The van der Waals surface area contributed by atoms with Gasteiger partial charge in [-0.15, -0.1) is 0 Å². The Labute approximate surface area is 195 Å². The summed E-state index contributed by atoms with van der Waals surface area (Å²) >= 11 is 3.39. The molecule has 2 N–H and O–H groups in total. The fourth-order valence-electron chi connectivity index (χ4n) is 3.19. The van der Waals surface area contributed by atoms with Crippen LogP contribution in [-0.4, -0.2) is 42.3 Å². The van der Waals surface area contributed by atoms with Gasteiger partial charge < -0.3 is 15.5 Å². The van der Waals surface area contributed by atoms with E-state index >= 15 is 0 Å². The highest BCUT2D eigenvalue weighted by molar-refractivity contribution is 9.10. The van der Waals surface area contributed by atoms with Crippen molar-refractivity contribution >= 4 is 39.3 Å². The Morgan fingerprint density at radius 1 is 0.875 bits per heavy atom. The van der Waals surface area contributed by atoms with Gasteiger partial charge in [0, 0.05) is 23.5 Å². The molecule has 3 aromatic rings. The average molecular weight is 494 g/mol. The second-order valence-electron chi connectivity index (χ2n) is 7.30. The van der Waals surface area contributed by atoms with Gasteiger partial charge in [-0.25, -0.2) is 0 Å². The summed E-state index contributed by atoms with van der Waals surface area (Å²) in [6.07, 6.45) is 0.314. The Bertz CT molecular complexity index is 1070. The zero-order valence-electron chi connectivity index (χ0n) is 17.6. The number of para-hydroxylation sites is 1. The van der Waals surface area contributed by atoms with Gasteiger partial charge in [0.25, 0.3) is 5.91 Å². The Hall–Kier alpha value is -3.45. The first-order chi connectivity index (χ1) is 15.4. The fourth-order valence-corrected chi connectivity index (χ4v) is 3.58. The first kappa shape index (κ1) is 23.2. The lowest BCUT2D eigenvalue weighted by Crippen LogP contribution is -2.50. The van der Waals surface area contributed by atoms with Gasteiger partial charge in [0.15, 0.2) is 0 Å². The Kier molecular flexibility index (Phi) is 8.16. The second kappa shape index (κ2) is 11.2. The molecular weight excluding hydrogens is 470 g/mol. The van der Waals surface area contributed by atoms with Crippen LogP contribution in [0.25, 0.3) is 0 Å². The molecule has 0 aliphatic rings. The van der Waals surface area contributed by atoms with Gasteiger partial charge in [-0.3, -0.25) is 14.4 Å². The Morgan fingerprint density at radius 2 is 1.47 bits per heavy atom. The van der Waals surface area contributed by atoms with E-state index in [1.165, 1.54) is 4.90 Å². The molecule has 3 aromatic carbocycles. The fraction of sp³-hybridized carbons (Fsp3) is 0.160. The number of carbonyl (C=O) groups is 3. The molecule has 3 amide bonds. The summed E-state index contributed by atoms with van der Waals surface area (Å²) in [6.45, 7) is -0.146. The molecule has 0 radical (unpaired) electrons. The molecule has 0 aliphatic carbocycles. The Balaban J connectivity index is 1.70. The van der Waals surface area contributed by atoms with Gasteiger partial charge in [0.2, 0.25) is 11.8 Å². The molecule has 0 unspecified atom stereocenters. The molecule has 0 saturated carbocycles. The summed E-state index contributed by atoms with van der Waals surface area (Å²) in [5.41, 5.74) is 1.99. The van der Waals surface area contributed by atoms with Crippen LogP contribution in [0.4, 0.5) is 5.69 Å². The lowest BCUT2D eigenvalue weighted by molar-refractivity contribution is -0.135. The lowest BCUT2D eigenvalue weighted by atomic mass is 10.0. The minimum absolute atomic E-state index is 0.146. The van der Waals surface area contributed by atoms with Gasteiger partial charge in [-0.05, 0) is 45.8 Å². The van der Waals surface area contributed by atoms with Crippen molar-refractivity contribution in [1.82, 2.24) is 10.2 Å². The van der Waals surface area contributed by atoms with Crippen LogP contribution >= 0.6 is 15.9 Å². The van der Waals surface area contributed by atoms with Gasteiger partial charge >= 0.3 is 0 Å². The number of hydrogen-bond donors (Lipinski definition) is 2. The summed E-state index contributed by atoms with van der Waals surface area (Å²) < 4.78 is 0.749. The van der Waals surface area contributed by atoms with Crippen molar-refractivity contribution in [2.45, 2.75) is 12.5 Å². The maximum absolute atomic E-state index is 13.2. The molecule has 164 valence electrons. The van der Waals surface area contributed by atoms with Crippen LogP contribution in [0.1, 0.15) is 15.9 Å². The highest BCUT2D eigenvalue weighted by Crippen LogP contribution is 2.21. The number of nitrogens with zero attached hydrogens (tertiary/aromatic N) is 1. The monoisotopic (exact) mass is 493 g/mol. The number of halogens is 1. The number of likely N-dealkylation sites (N-methyl/N-ethyl adjacent to an activating group) is 1. The summed E-state index contributed by atoms with van der Waals surface area (Å²) in [6, 6.07) is 24.6. The van der Waals surface area contributed by atoms with Crippen LogP contribution in [0.15, 0.2) is 89.4 Å². The van der Waals surface area contributed by atoms with Gasteiger partial charge in [0.05, 0.1) is 12.2 Å². The molecule has 0 fully saturated rings. The summed E-state index contributed by atoms with van der Waals surface area (Å²) in [7, 11) is 1.55. The standard InChI is InChI=1S/C25H24BrN3O3/c1-29(17-23(30)27-21-15-9-8-14-20(21)26)25(32)22(16-18-10-4-2-5-11-18)28-24(31)19-12-6-3-7-13-19/h2-15,22H,16-17H2,1H3,(H,27,30)(H,28,31)/t22-/m1/s1. The van der Waals surface area contributed by atoms with E-state index < -0.39 is 6.04 Å². The van der Waals surface area contributed by atoms with Crippen LogP contribution < -0.4 is 10.6 Å². The molecule has 0 aliphatic heterocycles. The molecule has 1 atom stereocenters. The third kappa shape index (κ3) is 6.52. The number of benzene rings is 3. The predicted octanol–water partition coefficient (Wildman–Crippen LogP) is 3.89. The third-order valence-electron chi connectivity index (χ3n) is 4.83. The van der Waals surface area contributed by atoms with Crippen molar-refractivity contribution in [3.05, 3.63) is 101 Å². The van der Waals surface area contributed by atoms with Crippen LogP contribution in [0.2, 0.25) is 0 Å². The van der Waals surface area contributed by atoms with Crippen LogP contribution in [0, 0.1) is 0 Å². The van der Waals surface area contributed by atoms with E-state index in [9.17, 15) is 14.4 Å². The number of carbonyl (C=O) groups excluding carboxylic acids is 3. The van der Waals surface area contributed by atoms with Crippen molar-refractivity contribution < 1.29 is 14.4 Å². The van der Waals surface area contributed by atoms with Crippen LogP contribution in [0.3, 0.4) is 0 Å². The van der Waals surface area contributed by atoms with Crippen molar-refractivity contribution in [2.24, 2.45) is 0 Å². The Morgan fingerprint density at radius 3 is 2.12 bits per heavy atom. The minimum atomic E-state index is -0.814. The predicted molar refractivity (Wildman–Crippen MR) is 128 cm³/mol. The van der Waals surface area contributed by atoms with Gasteiger partial charge in [-0.2, -0.15) is 0 Å². The van der Waals surface area contributed by atoms with E-state index in [2.05, 4.69) is 26.6 Å². The molecule has 32 heavy (non-hydrogen) atoms. The van der Waals surface area contributed by atoms with Crippen LogP contribution in [0.5, 0.6) is 0 Å². The van der Waals surface area contributed by atoms with E-state index in [1.54, 1.807) is 37.4 Å². The van der Waals surface area contributed by atoms with Gasteiger partial charge in [0.1, 0.15) is 6.04 Å². The smallest absolute Gasteiger partial charge is 0.251 e. The number of rotatable bonds is 8. The molecule has 7 heteroatoms. The number of amides is 3. The SMILES string of the molecule is CN(CC(=O)Nc1ccccc1Br)C(=O)[C@@H](Cc1ccccc1)NC(=O)c1ccccc1. The lowest BCUT2D eigenvalue weighted by Gasteiger charge is -2.24. The molecule has 0 spiro atoms. The molecule has 6 nitrogen and oxygen atoms in total. The van der Waals surface area contributed by atoms with E-state index in [0.29, 0.717) is 17.7 Å². The zero-order valence-corrected chi connectivity index (χ0v) is 19.2. The van der Waals surface area contributed by atoms with E-state index in [0.717, 1.165) is 10.0 Å². The highest BCUT2D eigenvalue weighted by atomic mass is 79.9. The van der Waals surface area contributed by atoms with Crippen LogP contribution in [-0.2, 0) is 16.0 Å². The topological polar surface area (TPSA) is 78.5 Å². The van der Waals surface area contributed by atoms with Crippen molar-refractivity contribution in [1.29, 1.82) is 0 Å². The molecule has 0 saturated heterocycles. The normalized spacial score (nSPS) is 11.3. The third-order valence-corrected chi connectivity index (χ3v) is 5.52. The number of hydrogen-bond acceptors (Lipinski definition) is 3. The molecule has 0 heterocycles. The highest BCUT2D eigenvalue weighted by Gasteiger charge is 2.26. The van der Waals surface area contributed by atoms with Gasteiger partial charge in [-0.1, -0.05) is 60.7 Å².